The van der Waals surface area contributed by atoms with E-state index in [0.717, 1.165) is 57.7 Å². The van der Waals surface area contributed by atoms with E-state index < -0.39 is 0 Å². The molecule has 0 unspecified atom stereocenters. The molecular weight excluding hydrogens is 809 g/mol. The van der Waals surface area contributed by atoms with E-state index in [1.807, 2.05) is 35.6 Å². The van der Waals surface area contributed by atoms with Crippen molar-refractivity contribution in [3.05, 3.63) is 197 Å². The maximum Gasteiger partial charge on any atom is 0.0991 e. The van der Waals surface area contributed by atoms with Crippen molar-refractivity contribution in [3.63, 3.8) is 0 Å². The normalized spacial score (nSPS) is 13.0. The lowest BCUT2D eigenvalue weighted by Gasteiger charge is -2.33. The lowest BCUT2D eigenvalue weighted by Crippen LogP contribution is -2.16. The molecule has 65 heavy (non-hydrogen) atoms. The van der Waals surface area contributed by atoms with Crippen LogP contribution in [0.25, 0.3) is 58.1 Å². The Morgan fingerprint density at radius 2 is 1.14 bits per heavy atom. The molecule has 0 amide bonds. The van der Waals surface area contributed by atoms with E-state index >= 15 is 0 Å². The van der Waals surface area contributed by atoms with Gasteiger partial charge in [0.2, 0.25) is 0 Å². The average Bonchev–Trinajstić information content (AvgIpc) is 3.72. The lowest BCUT2D eigenvalue weighted by molar-refractivity contribution is 0.591. The molecule has 11 rings (SSSR count). The number of hydrogen-bond acceptors (Lipinski definition) is 5. The van der Waals surface area contributed by atoms with E-state index in [-0.39, 0.29) is 5.41 Å². The van der Waals surface area contributed by atoms with Crippen molar-refractivity contribution in [2.45, 2.75) is 52.9 Å². The van der Waals surface area contributed by atoms with Gasteiger partial charge in [0.15, 0.2) is 0 Å². The van der Waals surface area contributed by atoms with Crippen molar-refractivity contribution in [3.8, 4) is 12.1 Å². The summed E-state index contributed by atoms with van der Waals surface area (Å²) < 4.78 is 2.43. The molecule has 0 aliphatic heterocycles. The highest BCUT2D eigenvalue weighted by Gasteiger charge is 2.28. The molecule has 1 aromatic heterocycles. The predicted molar refractivity (Wildman–Crippen MR) is 276 cm³/mol. The SMILES string of the molecule is CC1=C(c2cccc(N(c3ccc(C#N)cc3)c3cc(N(c4ccc(C#N)cc4)c4cccc5c4sc4ccccc45)c4ccc5cc(C(C)(C)C)cc6ccc3c4c65)c2C)C=CCC1. The highest BCUT2D eigenvalue weighted by molar-refractivity contribution is 7.26. The summed E-state index contributed by atoms with van der Waals surface area (Å²) >= 11 is 1.82. The summed E-state index contributed by atoms with van der Waals surface area (Å²) in [6.07, 6.45) is 6.68. The van der Waals surface area contributed by atoms with Gasteiger partial charge in [0.25, 0.3) is 0 Å². The number of rotatable bonds is 7. The number of thiophene rings is 1. The van der Waals surface area contributed by atoms with Crippen molar-refractivity contribution in [1.29, 1.82) is 10.5 Å². The van der Waals surface area contributed by atoms with Gasteiger partial charge >= 0.3 is 0 Å². The first-order valence-electron chi connectivity index (χ1n) is 22.3. The highest BCUT2D eigenvalue weighted by atomic mass is 32.1. The zero-order valence-corrected chi connectivity index (χ0v) is 38.0. The molecule has 10 aromatic rings. The van der Waals surface area contributed by atoms with E-state index in [1.54, 1.807) is 0 Å². The summed E-state index contributed by atoms with van der Waals surface area (Å²) in [7, 11) is 0. The van der Waals surface area contributed by atoms with E-state index in [2.05, 4.69) is 196 Å². The van der Waals surface area contributed by atoms with Crippen molar-refractivity contribution < 1.29 is 0 Å². The Kier molecular flexibility index (Phi) is 9.58. The fraction of sp³-hybridized carbons (Fsp3) is 0.133. The van der Waals surface area contributed by atoms with Crippen molar-refractivity contribution in [1.82, 2.24) is 0 Å². The summed E-state index contributed by atoms with van der Waals surface area (Å²) in [5.74, 6) is 0. The van der Waals surface area contributed by atoms with Crippen LogP contribution in [0, 0.1) is 29.6 Å². The Morgan fingerprint density at radius 1 is 0.554 bits per heavy atom. The van der Waals surface area contributed by atoms with Crippen molar-refractivity contribution >= 4 is 104 Å². The second kappa shape index (κ2) is 15.5. The molecule has 0 bridgehead atoms. The Balaban J connectivity index is 1.29. The molecule has 0 saturated heterocycles. The monoisotopic (exact) mass is 854 g/mol. The quantitative estimate of drug-likeness (QED) is 0.150. The van der Waals surface area contributed by atoms with Crippen LogP contribution in [0.15, 0.2) is 169 Å². The minimum absolute atomic E-state index is 0.0354. The first-order chi connectivity index (χ1) is 31.6. The van der Waals surface area contributed by atoms with Crippen LogP contribution in [0.5, 0.6) is 0 Å². The molecule has 0 atom stereocenters. The number of anilines is 6. The standard InChI is InChI=1S/C60H46N4S/c1-37-12-6-7-13-46(37)47-15-10-17-52(38(47)2)63(44-26-20-39(35-61)21-27-44)54-34-55(51-31-25-42-33-43(60(3,4)5)32-41-24-30-50(54)58(51)57(41)42)64(45-28-22-40(36-62)23-29-45)53-18-11-16-49-48-14-8-9-19-56(48)65-59(49)53/h7-11,13-34H,6,12H2,1-5H3. The molecule has 0 saturated carbocycles. The maximum absolute atomic E-state index is 9.99. The molecule has 1 heterocycles. The molecule has 4 nitrogen and oxygen atoms in total. The number of benzene rings is 9. The number of nitriles is 2. The van der Waals surface area contributed by atoms with E-state index in [9.17, 15) is 10.5 Å². The molecule has 0 N–H and O–H groups in total. The first-order valence-corrected chi connectivity index (χ1v) is 23.2. The molecule has 1 aliphatic rings. The van der Waals surface area contributed by atoms with Gasteiger partial charge < -0.3 is 9.80 Å². The average molecular weight is 855 g/mol. The van der Waals surface area contributed by atoms with Gasteiger partial charge in [-0.3, -0.25) is 0 Å². The van der Waals surface area contributed by atoms with E-state index in [1.165, 1.54) is 69.6 Å². The van der Waals surface area contributed by atoms with Gasteiger partial charge in [0.05, 0.1) is 45.0 Å². The number of nitrogens with zero attached hydrogens (tertiary/aromatic N) is 4. The highest BCUT2D eigenvalue weighted by Crippen LogP contribution is 2.53. The Morgan fingerprint density at radius 3 is 1.75 bits per heavy atom. The maximum atomic E-state index is 9.99. The molecule has 0 radical (unpaired) electrons. The molecule has 0 fully saturated rings. The number of allylic oxidation sites excluding steroid dienone is 4. The fourth-order valence-corrected chi connectivity index (χ4v) is 11.2. The van der Waals surface area contributed by atoms with Gasteiger partial charge in [0, 0.05) is 48.7 Å². The van der Waals surface area contributed by atoms with Crippen LogP contribution in [0.2, 0.25) is 0 Å². The van der Waals surface area contributed by atoms with Gasteiger partial charge in [-0.25, -0.2) is 0 Å². The third-order valence-electron chi connectivity index (χ3n) is 13.4. The fourth-order valence-electron chi connectivity index (χ4n) is 10.0. The Bertz CT molecular complexity index is 3660. The summed E-state index contributed by atoms with van der Waals surface area (Å²) in [6, 6.07) is 59.1. The topological polar surface area (TPSA) is 54.1 Å². The first kappa shape index (κ1) is 40.1. The van der Waals surface area contributed by atoms with Crippen LogP contribution in [-0.2, 0) is 5.41 Å². The van der Waals surface area contributed by atoms with Crippen LogP contribution < -0.4 is 9.80 Å². The summed E-state index contributed by atoms with van der Waals surface area (Å²) in [4.78, 5) is 4.82. The van der Waals surface area contributed by atoms with Crippen LogP contribution in [0.3, 0.4) is 0 Å². The molecule has 312 valence electrons. The van der Waals surface area contributed by atoms with Gasteiger partial charge in [0.1, 0.15) is 0 Å². The smallest absolute Gasteiger partial charge is 0.0991 e. The minimum atomic E-state index is -0.0354. The zero-order valence-electron chi connectivity index (χ0n) is 37.2. The Hall–Kier alpha value is -7.70. The summed E-state index contributed by atoms with van der Waals surface area (Å²) in [6.45, 7) is 11.4. The second-order valence-electron chi connectivity index (χ2n) is 18.4. The third-order valence-corrected chi connectivity index (χ3v) is 14.6. The third kappa shape index (κ3) is 6.62. The Labute approximate surface area is 384 Å². The van der Waals surface area contributed by atoms with Gasteiger partial charge in [-0.2, -0.15) is 10.5 Å². The molecular formula is C60H46N4S. The van der Waals surface area contributed by atoms with Crippen molar-refractivity contribution in [2.24, 2.45) is 0 Å². The molecule has 0 spiro atoms. The van der Waals surface area contributed by atoms with E-state index in [0.29, 0.717) is 11.1 Å². The predicted octanol–water partition coefficient (Wildman–Crippen LogP) is 17.4. The van der Waals surface area contributed by atoms with Crippen LogP contribution >= 0.6 is 11.3 Å². The van der Waals surface area contributed by atoms with Crippen LogP contribution in [0.4, 0.5) is 34.1 Å². The summed E-state index contributed by atoms with van der Waals surface area (Å²) in [5, 5.41) is 29.5. The minimum Gasteiger partial charge on any atom is -0.310 e. The lowest BCUT2D eigenvalue weighted by atomic mass is 9.83. The second-order valence-corrected chi connectivity index (χ2v) is 19.4. The van der Waals surface area contributed by atoms with Crippen molar-refractivity contribution in [2.75, 3.05) is 9.80 Å². The number of fused-ring (bicyclic) bond motifs is 3. The summed E-state index contributed by atoms with van der Waals surface area (Å²) in [5.41, 5.74) is 13.7. The van der Waals surface area contributed by atoms with Crippen LogP contribution in [0.1, 0.15) is 68.4 Å². The zero-order chi connectivity index (χ0) is 44.6. The van der Waals surface area contributed by atoms with Crippen LogP contribution in [-0.4, -0.2) is 0 Å². The van der Waals surface area contributed by atoms with Gasteiger partial charge in [-0.15, -0.1) is 11.3 Å². The largest absolute Gasteiger partial charge is 0.310 e. The van der Waals surface area contributed by atoms with E-state index in [4.69, 9.17) is 0 Å². The van der Waals surface area contributed by atoms with Gasteiger partial charge in [-0.1, -0.05) is 117 Å². The molecule has 1 aliphatic carbocycles. The number of hydrogen-bond donors (Lipinski definition) is 0. The van der Waals surface area contributed by atoms with Gasteiger partial charge in [-0.05, 0) is 143 Å². The molecule has 5 heteroatoms. The molecule has 9 aromatic carbocycles.